The summed E-state index contributed by atoms with van der Waals surface area (Å²) in [6, 6.07) is 16.8. The van der Waals surface area contributed by atoms with Crippen molar-refractivity contribution in [1.82, 2.24) is 5.32 Å². The van der Waals surface area contributed by atoms with Crippen LogP contribution in [0.4, 0.5) is 5.69 Å². The SMILES string of the molecule is Cc1ccc(N2C[C@H](C(=O)O[C@@H](C(=O)NC3CC3)c3ccccc3)CC2=O)cc1. The van der Waals surface area contributed by atoms with E-state index in [9.17, 15) is 14.4 Å². The minimum Gasteiger partial charge on any atom is -0.447 e. The fourth-order valence-corrected chi connectivity index (χ4v) is 3.46. The van der Waals surface area contributed by atoms with Crippen LogP contribution in [0.2, 0.25) is 0 Å². The number of nitrogens with zero attached hydrogens (tertiary/aromatic N) is 1. The Balaban J connectivity index is 1.46. The summed E-state index contributed by atoms with van der Waals surface area (Å²) < 4.78 is 5.63. The van der Waals surface area contributed by atoms with Crippen LogP contribution in [-0.4, -0.2) is 30.4 Å². The summed E-state index contributed by atoms with van der Waals surface area (Å²) in [6.07, 6.45) is 0.972. The number of anilines is 1. The van der Waals surface area contributed by atoms with E-state index >= 15 is 0 Å². The Hall–Kier alpha value is -3.15. The quantitative estimate of drug-likeness (QED) is 0.767. The van der Waals surface area contributed by atoms with E-state index in [0.29, 0.717) is 5.56 Å². The lowest BCUT2D eigenvalue weighted by Gasteiger charge is -2.20. The lowest BCUT2D eigenvalue weighted by molar-refractivity contribution is -0.160. The molecule has 1 saturated heterocycles. The molecule has 4 rings (SSSR count). The summed E-state index contributed by atoms with van der Waals surface area (Å²) >= 11 is 0. The lowest BCUT2D eigenvalue weighted by atomic mass is 10.1. The molecule has 2 aromatic rings. The van der Waals surface area contributed by atoms with E-state index < -0.39 is 18.0 Å². The molecule has 6 heteroatoms. The van der Waals surface area contributed by atoms with Crippen LogP contribution in [0.3, 0.4) is 0 Å². The molecule has 1 N–H and O–H groups in total. The molecule has 0 bridgehead atoms. The largest absolute Gasteiger partial charge is 0.447 e. The number of esters is 1. The van der Waals surface area contributed by atoms with Gasteiger partial charge in [0, 0.05) is 30.3 Å². The van der Waals surface area contributed by atoms with Crippen LogP contribution in [0.5, 0.6) is 0 Å². The number of hydrogen-bond acceptors (Lipinski definition) is 4. The smallest absolute Gasteiger partial charge is 0.312 e. The third-order valence-corrected chi connectivity index (χ3v) is 5.30. The maximum Gasteiger partial charge on any atom is 0.312 e. The summed E-state index contributed by atoms with van der Waals surface area (Å²) in [4.78, 5) is 39.6. The first-order valence-corrected chi connectivity index (χ1v) is 9.94. The summed E-state index contributed by atoms with van der Waals surface area (Å²) in [5.74, 6) is -1.54. The Morgan fingerprint density at radius 3 is 2.41 bits per heavy atom. The van der Waals surface area contributed by atoms with Crippen LogP contribution in [0.15, 0.2) is 54.6 Å². The molecule has 6 nitrogen and oxygen atoms in total. The average molecular weight is 392 g/mol. The molecule has 1 saturated carbocycles. The van der Waals surface area contributed by atoms with Crippen LogP contribution in [-0.2, 0) is 19.1 Å². The van der Waals surface area contributed by atoms with Gasteiger partial charge in [0.2, 0.25) is 12.0 Å². The van der Waals surface area contributed by atoms with Gasteiger partial charge in [-0.2, -0.15) is 0 Å². The van der Waals surface area contributed by atoms with E-state index in [1.54, 1.807) is 29.2 Å². The van der Waals surface area contributed by atoms with E-state index in [0.717, 1.165) is 24.1 Å². The van der Waals surface area contributed by atoms with Gasteiger partial charge >= 0.3 is 5.97 Å². The molecular formula is C23H24N2O4. The predicted molar refractivity (Wildman–Crippen MR) is 108 cm³/mol. The second-order valence-electron chi connectivity index (χ2n) is 7.75. The molecule has 1 aliphatic heterocycles. The number of benzene rings is 2. The highest BCUT2D eigenvalue weighted by Gasteiger charge is 2.39. The van der Waals surface area contributed by atoms with E-state index in [4.69, 9.17) is 4.74 Å². The Bertz CT molecular complexity index is 906. The highest BCUT2D eigenvalue weighted by atomic mass is 16.5. The highest BCUT2D eigenvalue weighted by Crippen LogP contribution is 2.29. The predicted octanol–water partition coefficient (Wildman–Crippen LogP) is 2.91. The van der Waals surface area contributed by atoms with Gasteiger partial charge in [0.15, 0.2) is 0 Å². The summed E-state index contributed by atoms with van der Waals surface area (Å²) in [7, 11) is 0. The Kier molecular flexibility index (Phi) is 5.34. The van der Waals surface area contributed by atoms with Crippen LogP contribution < -0.4 is 10.2 Å². The molecule has 2 aliphatic rings. The third kappa shape index (κ3) is 4.47. The van der Waals surface area contributed by atoms with E-state index in [1.807, 2.05) is 37.3 Å². The molecule has 1 aliphatic carbocycles. The molecule has 1 heterocycles. The molecular weight excluding hydrogens is 368 g/mol. The molecule has 2 aromatic carbocycles. The molecule has 2 fully saturated rings. The van der Waals surface area contributed by atoms with E-state index in [2.05, 4.69) is 5.32 Å². The van der Waals surface area contributed by atoms with Gasteiger partial charge < -0.3 is 15.0 Å². The molecule has 2 atom stereocenters. The molecule has 150 valence electrons. The van der Waals surface area contributed by atoms with Gasteiger partial charge in [0.1, 0.15) is 0 Å². The minimum absolute atomic E-state index is 0.0818. The number of nitrogens with one attached hydrogen (secondary N) is 1. The topological polar surface area (TPSA) is 75.7 Å². The van der Waals surface area contributed by atoms with Crippen LogP contribution >= 0.6 is 0 Å². The van der Waals surface area contributed by atoms with Crippen LogP contribution in [0, 0.1) is 12.8 Å². The number of hydrogen-bond donors (Lipinski definition) is 1. The lowest BCUT2D eigenvalue weighted by Crippen LogP contribution is -2.35. The number of amides is 2. The van der Waals surface area contributed by atoms with Gasteiger partial charge in [0.25, 0.3) is 5.91 Å². The zero-order valence-corrected chi connectivity index (χ0v) is 16.3. The van der Waals surface area contributed by atoms with Crippen molar-refractivity contribution in [3.63, 3.8) is 0 Å². The van der Waals surface area contributed by atoms with Gasteiger partial charge in [-0.05, 0) is 31.9 Å². The summed E-state index contributed by atoms with van der Waals surface area (Å²) in [5.41, 5.74) is 2.49. The fourth-order valence-electron chi connectivity index (χ4n) is 3.46. The molecule has 0 unspecified atom stereocenters. The number of rotatable bonds is 6. The molecule has 0 spiro atoms. The molecule has 0 radical (unpaired) electrons. The second kappa shape index (κ2) is 8.07. The first kappa shape index (κ1) is 19.2. The highest BCUT2D eigenvalue weighted by molar-refractivity contribution is 5.99. The first-order chi connectivity index (χ1) is 14.0. The van der Waals surface area contributed by atoms with Crippen molar-refractivity contribution < 1.29 is 19.1 Å². The maximum atomic E-state index is 12.8. The Morgan fingerprint density at radius 1 is 1.07 bits per heavy atom. The Labute approximate surface area is 169 Å². The normalized spacial score (nSPS) is 19.7. The number of ether oxygens (including phenoxy) is 1. The van der Waals surface area contributed by atoms with Gasteiger partial charge in [-0.15, -0.1) is 0 Å². The fraction of sp³-hybridized carbons (Fsp3) is 0.348. The number of carbonyl (C=O) groups is 3. The summed E-state index contributed by atoms with van der Waals surface area (Å²) in [5, 5.41) is 2.90. The average Bonchev–Trinajstić information content (AvgIpc) is 3.45. The van der Waals surface area contributed by atoms with Gasteiger partial charge in [-0.3, -0.25) is 14.4 Å². The second-order valence-corrected chi connectivity index (χ2v) is 7.75. The van der Waals surface area contributed by atoms with Crippen molar-refractivity contribution >= 4 is 23.5 Å². The first-order valence-electron chi connectivity index (χ1n) is 9.94. The van der Waals surface area contributed by atoms with E-state index in [-0.39, 0.29) is 30.8 Å². The van der Waals surface area contributed by atoms with Crippen molar-refractivity contribution in [2.45, 2.75) is 38.3 Å². The van der Waals surface area contributed by atoms with Crippen molar-refractivity contribution in [3.8, 4) is 0 Å². The van der Waals surface area contributed by atoms with Crippen LogP contribution in [0.25, 0.3) is 0 Å². The molecule has 2 amide bonds. The number of aryl methyl sites for hydroxylation is 1. The van der Waals surface area contributed by atoms with Crippen molar-refractivity contribution in [2.75, 3.05) is 11.4 Å². The third-order valence-electron chi connectivity index (χ3n) is 5.30. The van der Waals surface area contributed by atoms with Crippen molar-refractivity contribution in [2.24, 2.45) is 5.92 Å². The van der Waals surface area contributed by atoms with Gasteiger partial charge in [0.05, 0.1) is 5.92 Å². The number of carbonyl (C=O) groups excluding carboxylic acids is 3. The van der Waals surface area contributed by atoms with Gasteiger partial charge in [-0.25, -0.2) is 0 Å². The Morgan fingerprint density at radius 2 is 1.76 bits per heavy atom. The minimum atomic E-state index is -1.01. The van der Waals surface area contributed by atoms with Crippen molar-refractivity contribution in [3.05, 3.63) is 65.7 Å². The van der Waals surface area contributed by atoms with E-state index in [1.165, 1.54) is 0 Å². The molecule has 0 aromatic heterocycles. The van der Waals surface area contributed by atoms with Crippen LogP contribution in [0.1, 0.15) is 36.5 Å². The monoisotopic (exact) mass is 392 g/mol. The molecule has 29 heavy (non-hydrogen) atoms. The zero-order valence-electron chi connectivity index (χ0n) is 16.3. The van der Waals surface area contributed by atoms with Gasteiger partial charge in [-0.1, -0.05) is 48.0 Å². The zero-order chi connectivity index (χ0) is 20.4. The summed E-state index contributed by atoms with van der Waals surface area (Å²) in [6.45, 7) is 2.23. The van der Waals surface area contributed by atoms with Crippen molar-refractivity contribution in [1.29, 1.82) is 0 Å². The standard InChI is InChI=1S/C23H24N2O4/c1-15-7-11-19(12-8-15)25-14-17(13-20(25)26)23(28)29-21(16-5-3-2-4-6-16)22(27)24-18-9-10-18/h2-8,11-12,17-18,21H,9-10,13-14H2,1H3,(H,24,27)/t17-,21-/m1/s1. The maximum absolute atomic E-state index is 12.8.